The Hall–Kier alpha value is -1.24. The van der Waals surface area contributed by atoms with E-state index in [2.05, 4.69) is 37.3 Å². The predicted molar refractivity (Wildman–Crippen MR) is 87.1 cm³/mol. The summed E-state index contributed by atoms with van der Waals surface area (Å²) in [7, 11) is 1.72. The minimum absolute atomic E-state index is 0.925. The topological polar surface area (TPSA) is 9.23 Å². The van der Waals surface area contributed by atoms with Crippen LogP contribution >= 0.6 is 0 Å². The van der Waals surface area contributed by atoms with Crippen LogP contribution in [0.4, 0.5) is 0 Å². The van der Waals surface area contributed by atoms with Crippen molar-refractivity contribution < 1.29 is 4.74 Å². The Labute approximate surface area is 124 Å². The first kappa shape index (κ1) is 15.2. The summed E-state index contributed by atoms with van der Waals surface area (Å²) in [5, 5.41) is 0. The molecule has 0 radical (unpaired) electrons. The molecule has 0 saturated carbocycles. The van der Waals surface area contributed by atoms with E-state index in [0.717, 1.165) is 11.7 Å². The van der Waals surface area contributed by atoms with E-state index in [9.17, 15) is 0 Å². The predicted octanol–water partition coefficient (Wildman–Crippen LogP) is 5.85. The summed E-state index contributed by atoms with van der Waals surface area (Å²) < 4.78 is 5.22. The Morgan fingerprint density at radius 1 is 1.10 bits per heavy atom. The molecule has 0 spiro atoms. The fourth-order valence-corrected chi connectivity index (χ4v) is 3.08. The van der Waals surface area contributed by atoms with Crippen LogP contribution in [0.5, 0.6) is 5.75 Å². The molecule has 20 heavy (non-hydrogen) atoms. The largest absolute Gasteiger partial charge is 0.497 e. The molecule has 1 nitrogen and oxygen atoms in total. The second kappa shape index (κ2) is 8.14. The SMILES string of the molecule is CCCCCCC1CC=C(c2ccc(OC)cc2)CC1. The lowest BCUT2D eigenvalue weighted by Gasteiger charge is -2.22. The summed E-state index contributed by atoms with van der Waals surface area (Å²) in [6, 6.07) is 8.50. The lowest BCUT2D eigenvalue weighted by molar-refractivity contribution is 0.414. The van der Waals surface area contributed by atoms with Crippen LogP contribution in [0.15, 0.2) is 30.3 Å². The van der Waals surface area contributed by atoms with Gasteiger partial charge in [0.25, 0.3) is 0 Å². The molecule has 0 aromatic heterocycles. The maximum atomic E-state index is 5.22. The minimum atomic E-state index is 0.925. The normalized spacial score (nSPS) is 18.7. The van der Waals surface area contributed by atoms with Gasteiger partial charge in [-0.15, -0.1) is 0 Å². The molecule has 0 bridgehead atoms. The molecular weight excluding hydrogens is 244 g/mol. The minimum Gasteiger partial charge on any atom is -0.497 e. The van der Waals surface area contributed by atoms with E-state index < -0.39 is 0 Å². The van der Waals surface area contributed by atoms with Gasteiger partial charge in [0, 0.05) is 0 Å². The van der Waals surface area contributed by atoms with Crippen LogP contribution in [-0.2, 0) is 0 Å². The molecule has 0 amide bonds. The summed E-state index contributed by atoms with van der Waals surface area (Å²) in [5.74, 6) is 1.87. The van der Waals surface area contributed by atoms with E-state index in [-0.39, 0.29) is 0 Å². The Balaban J connectivity index is 1.82. The molecule has 1 aromatic rings. The van der Waals surface area contributed by atoms with E-state index in [0.29, 0.717) is 0 Å². The van der Waals surface area contributed by atoms with Crippen LogP contribution < -0.4 is 4.74 Å². The second-order valence-electron chi connectivity index (χ2n) is 5.95. The van der Waals surface area contributed by atoms with Crippen molar-refractivity contribution >= 4 is 5.57 Å². The maximum Gasteiger partial charge on any atom is 0.118 e. The van der Waals surface area contributed by atoms with Crippen LogP contribution in [0, 0.1) is 5.92 Å². The van der Waals surface area contributed by atoms with E-state index in [1.165, 1.54) is 62.5 Å². The molecule has 2 rings (SSSR count). The number of benzene rings is 1. The van der Waals surface area contributed by atoms with Crippen LogP contribution in [0.3, 0.4) is 0 Å². The highest BCUT2D eigenvalue weighted by Gasteiger charge is 2.15. The van der Waals surface area contributed by atoms with Gasteiger partial charge in [0.2, 0.25) is 0 Å². The molecule has 0 fully saturated rings. The number of ether oxygens (including phenoxy) is 1. The smallest absolute Gasteiger partial charge is 0.118 e. The molecule has 0 aliphatic heterocycles. The lowest BCUT2D eigenvalue weighted by atomic mass is 9.84. The molecule has 1 atom stereocenters. The highest BCUT2D eigenvalue weighted by molar-refractivity contribution is 5.66. The van der Waals surface area contributed by atoms with Crippen molar-refractivity contribution in [3.8, 4) is 5.75 Å². The molecule has 110 valence electrons. The standard InChI is InChI=1S/C19H28O/c1-3-4-5-6-7-16-8-10-17(11-9-16)18-12-14-19(20-2)15-13-18/h10,12-16H,3-9,11H2,1-2H3. The van der Waals surface area contributed by atoms with E-state index in [4.69, 9.17) is 4.74 Å². The summed E-state index contributed by atoms with van der Waals surface area (Å²) in [6.45, 7) is 2.28. The fourth-order valence-electron chi connectivity index (χ4n) is 3.08. The monoisotopic (exact) mass is 272 g/mol. The molecule has 1 aliphatic rings. The molecule has 1 unspecified atom stereocenters. The molecule has 0 N–H and O–H groups in total. The first-order chi connectivity index (χ1) is 9.83. The Morgan fingerprint density at radius 3 is 2.50 bits per heavy atom. The number of methoxy groups -OCH3 is 1. The van der Waals surface area contributed by atoms with Gasteiger partial charge in [0.15, 0.2) is 0 Å². The van der Waals surface area contributed by atoms with Gasteiger partial charge in [-0.3, -0.25) is 0 Å². The van der Waals surface area contributed by atoms with Crippen LogP contribution in [0.1, 0.15) is 63.9 Å². The number of hydrogen-bond acceptors (Lipinski definition) is 1. The van der Waals surface area contributed by atoms with E-state index in [1.807, 2.05) is 0 Å². The van der Waals surface area contributed by atoms with E-state index in [1.54, 1.807) is 7.11 Å². The van der Waals surface area contributed by atoms with Crippen molar-refractivity contribution in [3.05, 3.63) is 35.9 Å². The van der Waals surface area contributed by atoms with E-state index >= 15 is 0 Å². The van der Waals surface area contributed by atoms with Crippen molar-refractivity contribution in [2.75, 3.05) is 7.11 Å². The number of allylic oxidation sites excluding steroid dienone is 2. The first-order valence-corrected chi connectivity index (χ1v) is 8.17. The number of hydrogen-bond donors (Lipinski definition) is 0. The van der Waals surface area contributed by atoms with Gasteiger partial charge in [0.05, 0.1) is 7.11 Å². The number of rotatable bonds is 7. The van der Waals surface area contributed by atoms with Gasteiger partial charge < -0.3 is 4.74 Å². The summed E-state index contributed by atoms with van der Waals surface area (Å²) in [6.07, 6.45) is 13.3. The third-order valence-electron chi connectivity index (χ3n) is 4.45. The van der Waals surface area contributed by atoms with Crippen molar-refractivity contribution in [2.45, 2.75) is 58.3 Å². The number of unbranched alkanes of at least 4 members (excludes halogenated alkanes) is 3. The lowest BCUT2D eigenvalue weighted by Crippen LogP contribution is -2.05. The molecule has 0 saturated heterocycles. The van der Waals surface area contributed by atoms with Crippen LogP contribution in [0.25, 0.3) is 5.57 Å². The molecular formula is C19H28O. The zero-order valence-corrected chi connectivity index (χ0v) is 13.0. The Kier molecular flexibility index (Phi) is 6.17. The zero-order chi connectivity index (χ0) is 14.2. The average molecular weight is 272 g/mol. The van der Waals surface area contributed by atoms with Crippen molar-refractivity contribution in [1.29, 1.82) is 0 Å². The van der Waals surface area contributed by atoms with Gasteiger partial charge in [-0.05, 0) is 48.4 Å². The third kappa shape index (κ3) is 4.40. The van der Waals surface area contributed by atoms with Crippen molar-refractivity contribution in [1.82, 2.24) is 0 Å². The quantitative estimate of drug-likeness (QED) is 0.566. The van der Waals surface area contributed by atoms with Crippen LogP contribution in [0.2, 0.25) is 0 Å². The Morgan fingerprint density at radius 2 is 1.90 bits per heavy atom. The van der Waals surface area contributed by atoms with Crippen molar-refractivity contribution in [2.24, 2.45) is 5.92 Å². The molecule has 1 heteroatoms. The average Bonchev–Trinajstić information content (AvgIpc) is 2.52. The second-order valence-corrected chi connectivity index (χ2v) is 5.95. The van der Waals surface area contributed by atoms with Crippen molar-refractivity contribution in [3.63, 3.8) is 0 Å². The highest BCUT2D eigenvalue weighted by atomic mass is 16.5. The van der Waals surface area contributed by atoms with Gasteiger partial charge in [-0.1, -0.05) is 57.2 Å². The van der Waals surface area contributed by atoms with Gasteiger partial charge >= 0.3 is 0 Å². The van der Waals surface area contributed by atoms with Gasteiger partial charge in [-0.25, -0.2) is 0 Å². The molecule has 0 heterocycles. The maximum absolute atomic E-state index is 5.22. The highest BCUT2D eigenvalue weighted by Crippen LogP contribution is 2.33. The summed E-state index contributed by atoms with van der Waals surface area (Å²) in [5.41, 5.74) is 2.90. The Bertz CT molecular complexity index is 416. The first-order valence-electron chi connectivity index (χ1n) is 8.17. The third-order valence-corrected chi connectivity index (χ3v) is 4.45. The fraction of sp³-hybridized carbons (Fsp3) is 0.579. The summed E-state index contributed by atoms with van der Waals surface area (Å²) in [4.78, 5) is 0. The summed E-state index contributed by atoms with van der Waals surface area (Å²) >= 11 is 0. The molecule has 1 aromatic carbocycles. The van der Waals surface area contributed by atoms with Gasteiger partial charge in [0.1, 0.15) is 5.75 Å². The van der Waals surface area contributed by atoms with Gasteiger partial charge in [-0.2, -0.15) is 0 Å². The zero-order valence-electron chi connectivity index (χ0n) is 13.0. The molecule has 1 aliphatic carbocycles. The van der Waals surface area contributed by atoms with Crippen LogP contribution in [-0.4, -0.2) is 7.11 Å².